The van der Waals surface area contributed by atoms with Crippen LogP contribution in [0.1, 0.15) is 16.8 Å². The molecular weight excluding hydrogens is 260 g/mol. The zero-order valence-corrected chi connectivity index (χ0v) is 10.2. The van der Waals surface area contributed by atoms with Crippen molar-refractivity contribution in [2.45, 2.75) is 17.6 Å². The van der Waals surface area contributed by atoms with E-state index >= 15 is 0 Å². The third-order valence-corrected chi connectivity index (χ3v) is 4.50. The van der Waals surface area contributed by atoms with Crippen molar-refractivity contribution in [1.29, 1.82) is 0 Å². The highest BCUT2D eigenvalue weighted by molar-refractivity contribution is 7.89. The van der Waals surface area contributed by atoms with E-state index in [1.54, 1.807) is 0 Å². The van der Waals surface area contributed by atoms with Crippen LogP contribution in [-0.4, -0.2) is 53.1 Å². The van der Waals surface area contributed by atoms with E-state index in [0.717, 1.165) is 16.6 Å². The Bertz CT molecular complexity index is 554. The molecule has 1 aliphatic heterocycles. The van der Waals surface area contributed by atoms with Crippen LogP contribution < -0.4 is 0 Å². The molecule has 1 atom stereocenters. The van der Waals surface area contributed by atoms with Gasteiger partial charge in [0.15, 0.2) is 5.03 Å². The first-order valence-corrected chi connectivity index (χ1v) is 6.73. The van der Waals surface area contributed by atoms with Crippen molar-refractivity contribution >= 4 is 16.0 Å². The molecule has 0 spiro atoms. The van der Waals surface area contributed by atoms with Crippen molar-refractivity contribution in [2.24, 2.45) is 0 Å². The van der Waals surface area contributed by atoms with Gasteiger partial charge in [-0.1, -0.05) is 0 Å². The smallest absolute Gasteiger partial charge is 0.337 e. The second-order valence-electron chi connectivity index (χ2n) is 4.00. The maximum Gasteiger partial charge on any atom is 0.337 e. The summed E-state index contributed by atoms with van der Waals surface area (Å²) in [6.07, 6.45) is 0.742. The van der Waals surface area contributed by atoms with E-state index < -0.39 is 22.1 Å². The van der Waals surface area contributed by atoms with Crippen LogP contribution in [0.4, 0.5) is 0 Å². The molecule has 2 rings (SSSR count). The van der Waals surface area contributed by atoms with Crippen LogP contribution in [0, 0.1) is 0 Å². The first-order chi connectivity index (χ1) is 8.41. The van der Waals surface area contributed by atoms with Crippen LogP contribution in [-0.2, 0) is 10.0 Å². The monoisotopic (exact) mass is 272 g/mol. The van der Waals surface area contributed by atoms with Crippen LogP contribution in [0.15, 0.2) is 23.4 Å². The van der Waals surface area contributed by atoms with Gasteiger partial charge in [0.25, 0.3) is 10.0 Å². The number of nitrogens with zero attached hydrogens (tertiary/aromatic N) is 2. The van der Waals surface area contributed by atoms with E-state index in [1.165, 1.54) is 6.07 Å². The van der Waals surface area contributed by atoms with E-state index in [9.17, 15) is 18.3 Å². The Kier molecular flexibility index (Phi) is 3.33. The number of aliphatic hydroxyl groups is 1. The number of sulfonamides is 1. The second kappa shape index (κ2) is 4.63. The third kappa shape index (κ3) is 2.35. The largest absolute Gasteiger partial charge is 0.478 e. The summed E-state index contributed by atoms with van der Waals surface area (Å²) in [5, 5.41) is 17.8. The number of rotatable bonds is 3. The number of aromatic nitrogens is 1. The highest BCUT2D eigenvalue weighted by atomic mass is 32.2. The Balaban J connectivity index is 2.27. The van der Waals surface area contributed by atoms with Gasteiger partial charge in [-0.05, 0) is 18.6 Å². The molecular formula is C10H12N2O5S. The van der Waals surface area contributed by atoms with Crippen molar-refractivity contribution < 1.29 is 23.4 Å². The zero-order valence-electron chi connectivity index (χ0n) is 9.35. The molecule has 0 unspecified atom stereocenters. The molecule has 0 aliphatic carbocycles. The van der Waals surface area contributed by atoms with E-state index in [4.69, 9.17) is 5.11 Å². The molecule has 0 radical (unpaired) electrons. The summed E-state index contributed by atoms with van der Waals surface area (Å²) in [5.41, 5.74) is -0.0737. The average Bonchev–Trinajstić information content (AvgIpc) is 2.76. The van der Waals surface area contributed by atoms with E-state index in [1.807, 2.05) is 0 Å². The first kappa shape index (κ1) is 12.9. The quantitative estimate of drug-likeness (QED) is 0.770. The molecule has 0 aromatic carbocycles. The fourth-order valence-corrected chi connectivity index (χ4v) is 3.13. The minimum Gasteiger partial charge on any atom is -0.478 e. The number of carboxylic acid groups (broad SMARTS) is 1. The lowest BCUT2D eigenvalue weighted by atomic mass is 10.3. The van der Waals surface area contributed by atoms with Crippen LogP contribution in [0.3, 0.4) is 0 Å². The Morgan fingerprint density at radius 1 is 1.44 bits per heavy atom. The molecule has 7 nitrogen and oxygen atoms in total. The standard InChI is InChI=1S/C10H12N2O5S/c13-8-3-4-12(6-8)18(16,17)9-2-1-7(5-11-9)10(14)15/h1-2,5,8,13H,3-4,6H2,(H,14,15)/t8-/m1/s1. The molecule has 8 heteroatoms. The number of hydrogen-bond acceptors (Lipinski definition) is 5. The number of pyridine rings is 1. The van der Waals surface area contributed by atoms with E-state index in [-0.39, 0.29) is 23.7 Å². The molecule has 98 valence electrons. The summed E-state index contributed by atoms with van der Waals surface area (Å²) < 4.78 is 25.3. The number of aliphatic hydroxyl groups excluding tert-OH is 1. The van der Waals surface area contributed by atoms with Crippen LogP contribution >= 0.6 is 0 Å². The number of aromatic carboxylic acids is 1. The summed E-state index contributed by atoms with van der Waals surface area (Å²) in [5.74, 6) is -1.16. The average molecular weight is 272 g/mol. The Labute approximate surface area is 104 Å². The molecule has 18 heavy (non-hydrogen) atoms. The van der Waals surface area contributed by atoms with Crippen molar-refractivity contribution in [3.63, 3.8) is 0 Å². The zero-order chi connectivity index (χ0) is 13.3. The van der Waals surface area contributed by atoms with Crippen molar-refractivity contribution in [1.82, 2.24) is 9.29 Å². The maximum atomic E-state index is 12.1. The second-order valence-corrected chi connectivity index (χ2v) is 5.88. The van der Waals surface area contributed by atoms with Crippen LogP contribution in [0.25, 0.3) is 0 Å². The summed E-state index contributed by atoms with van der Waals surface area (Å²) in [6, 6.07) is 2.35. The Morgan fingerprint density at radius 2 is 2.17 bits per heavy atom. The van der Waals surface area contributed by atoms with Gasteiger partial charge in [0.1, 0.15) is 0 Å². The molecule has 0 amide bonds. The minimum atomic E-state index is -3.74. The van der Waals surface area contributed by atoms with Gasteiger partial charge in [-0.15, -0.1) is 0 Å². The number of β-amino-alcohol motifs (C(OH)–C–C–N with tert-alkyl or cyclic N) is 1. The lowest BCUT2D eigenvalue weighted by Crippen LogP contribution is -2.30. The van der Waals surface area contributed by atoms with Crippen molar-refractivity contribution in [3.05, 3.63) is 23.9 Å². The van der Waals surface area contributed by atoms with Crippen LogP contribution in [0.2, 0.25) is 0 Å². The molecule has 1 aromatic rings. The highest BCUT2D eigenvalue weighted by Crippen LogP contribution is 2.19. The Hall–Kier alpha value is -1.51. The molecule has 0 bridgehead atoms. The van der Waals surface area contributed by atoms with Gasteiger partial charge in [0, 0.05) is 19.3 Å². The fraction of sp³-hybridized carbons (Fsp3) is 0.400. The molecule has 1 aromatic heterocycles. The lowest BCUT2D eigenvalue weighted by Gasteiger charge is -2.14. The van der Waals surface area contributed by atoms with Gasteiger partial charge in [-0.2, -0.15) is 4.31 Å². The van der Waals surface area contributed by atoms with Gasteiger partial charge >= 0.3 is 5.97 Å². The van der Waals surface area contributed by atoms with Gasteiger partial charge in [-0.25, -0.2) is 18.2 Å². The van der Waals surface area contributed by atoms with Gasteiger partial charge in [0.2, 0.25) is 0 Å². The Morgan fingerprint density at radius 3 is 2.61 bits per heavy atom. The van der Waals surface area contributed by atoms with Crippen molar-refractivity contribution in [3.8, 4) is 0 Å². The predicted octanol–water partition coefficient (Wildman–Crippen LogP) is -0.465. The topological polar surface area (TPSA) is 108 Å². The van der Waals surface area contributed by atoms with Crippen molar-refractivity contribution in [2.75, 3.05) is 13.1 Å². The normalized spacial score (nSPS) is 21.1. The lowest BCUT2D eigenvalue weighted by molar-refractivity contribution is 0.0696. The number of hydrogen-bond donors (Lipinski definition) is 2. The molecule has 2 N–H and O–H groups in total. The molecule has 1 fully saturated rings. The van der Waals surface area contributed by atoms with E-state index in [0.29, 0.717) is 6.42 Å². The van der Waals surface area contributed by atoms with E-state index in [2.05, 4.69) is 4.98 Å². The van der Waals surface area contributed by atoms with Gasteiger partial charge < -0.3 is 10.2 Å². The molecule has 1 aliphatic rings. The fourth-order valence-electron chi connectivity index (χ4n) is 1.72. The molecule has 2 heterocycles. The van der Waals surface area contributed by atoms with Gasteiger partial charge in [-0.3, -0.25) is 0 Å². The number of carboxylic acids is 1. The first-order valence-electron chi connectivity index (χ1n) is 5.29. The predicted molar refractivity (Wildman–Crippen MR) is 60.6 cm³/mol. The van der Waals surface area contributed by atoms with Gasteiger partial charge in [0.05, 0.1) is 11.7 Å². The molecule has 1 saturated heterocycles. The maximum absolute atomic E-state index is 12.1. The minimum absolute atomic E-state index is 0.0463. The summed E-state index contributed by atoms with van der Waals surface area (Å²) in [6.45, 7) is 0.288. The molecule has 0 saturated carbocycles. The highest BCUT2D eigenvalue weighted by Gasteiger charge is 2.32. The summed E-state index contributed by atoms with van der Waals surface area (Å²) in [7, 11) is -3.74. The van der Waals surface area contributed by atoms with Crippen LogP contribution in [0.5, 0.6) is 0 Å². The number of carbonyl (C=O) groups is 1. The summed E-state index contributed by atoms with van der Waals surface area (Å²) >= 11 is 0. The third-order valence-electron chi connectivity index (χ3n) is 2.71. The summed E-state index contributed by atoms with van der Waals surface area (Å²) in [4.78, 5) is 14.3. The SMILES string of the molecule is O=C(O)c1ccc(S(=O)(=O)N2CC[C@@H](O)C2)nc1.